The molecule has 1 aromatic rings. The Morgan fingerprint density at radius 2 is 1.96 bits per heavy atom. The molecular formula is C18H31N7O. The molecule has 0 amide bonds. The van der Waals surface area contributed by atoms with Gasteiger partial charge in [0.2, 0.25) is 5.95 Å². The number of nitrogens with one attached hydrogen (secondary N) is 2. The van der Waals surface area contributed by atoms with Crippen LogP contribution in [-0.4, -0.2) is 98.9 Å². The van der Waals surface area contributed by atoms with E-state index in [-0.39, 0.29) is 6.04 Å². The minimum atomic E-state index is 0.280. The van der Waals surface area contributed by atoms with Gasteiger partial charge in [-0.3, -0.25) is 4.90 Å². The van der Waals surface area contributed by atoms with Gasteiger partial charge in [0.05, 0.1) is 31.0 Å². The molecule has 2 fully saturated rings. The Morgan fingerprint density at radius 3 is 2.73 bits per heavy atom. The highest BCUT2D eigenvalue weighted by molar-refractivity contribution is 5.53. The molecule has 0 aromatic carbocycles. The first-order chi connectivity index (χ1) is 12.6. The smallest absolute Gasteiger partial charge is 0.227 e. The summed E-state index contributed by atoms with van der Waals surface area (Å²) >= 11 is 0. The lowest BCUT2D eigenvalue weighted by Gasteiger charge is -2.38. The summed E-state index contributed by atoms with van der Waals surface area (Å²) in [6.07, 6.45) is 0.970. The molecule has 4 rings (SSSR count). The minimum absolute atomic E-state index is 0.280. The predicted molar refractivity (Wildman–Crippen MR) is 103 cm³/mol. The van der Waals surface area contributed by atoms with Crippen LogP contribution in [0.25, 0.3) is 0 Å². The van der Waals surface area contributed by atoms with Crippen molar-refractivity contribution in [1.29, 1.82) is 0 Å². The van der Waals surface area contributed by atoms with Gasteiger partial charge in [-0.15, -0.1) is 0 Å². The van der Waals surface area contributed by atoms with Crippen LogP contribution < -0.4 is 15.5 Å². The monoisotopic (exact) mass is 361 g/mol. The molecule has 2 atom stereocenters. The van der Waals surface area contributed by atoms with Crippen LogP contribution in [0, 0.1) is 0 Å². The number of hydrogen-bond acceptors (Lipinski definition) is 8. The minimum Gasteiger partial charge on any atom is -0.378 e. The van der Waals surface area contributed by atoms with Gasteiger partial charge >= 0.3 is 0 Å². The summed E-state index contributed by atoms with van der Waals surface area (Å²) in [6.45, 7) is 7.81. The third kappa shape index (κ3) is 3.64. The van der Waals surface area contributed by atoms with Gasteiger partial charge in [0.15, 0.2) is 0 Å². The number of nitrogens with zero attached hydrogens (tertiary/aromatic N) is 5. The number of anilines is 2. The van der Waals surface area contributed by atoms with Gasteiger partial charge < -0.3 is 25.2 Å². The van der Waals surface area contributed by atoms with Crippen molar-refractivity contribution in [3.8, 4) is 0 Å². The van der Waals surface area contributed by atoms with Gasteiger partial charge in [-0.1, -0.05) is 0 Å². The van der Waals surface area contributed by atoms with Crippen LogP contribution in [-0.2, 0) is 17.7 Å². The lowest BCUT2D eigenvalue weighted by atomic mass is 10.1. The molecule has 2 N–H and O–H groups in total. The third-order valence-electron chi connectivity index (χ3n) is 5.70. The maximum absolute atomic E-state index is 5.86. The van der Waals surface area contributed by atoms with Gasteiger partial charge in [0.25, 0.3) is 0 Å². The average molecular weight is 361 g/mol. The average Bonchev–Trinajstić information content (AvgIpc) is 3.10. The lowest BCUT2D eigenvalue weighted by molar-refractivity contribution is 0.0948. The zero-order valence-corrected chi connectivity index (χ0v) is 16.2. The summed E-state index contributed by atoms with van der Waals surface area (Å²) in [5.41, 5.74) is 2.38. The van der Waals surface area contributed by atoms with Gasteiger partial charge in [0.1, 0.15) is 5.82 Å². The number of rotatable bonds is 4. The molecule has 4 heterocycles. The Bertz CT molecular complexity index is 630. The number of likely N-dealkylation sites (N-methyl/N-ethyl adjacent to an activating group) is 1. The second kappa shape index (κ2) is 7.64. The molecule has 0 aliphatic carbocycles. The van der Waals surface area contributed by atoms with Crippen LogP contribution in [0.1, 0.15) is 11.3 Å². The largest absolute Gasteiger partial charge is 0.378 e. The molecule has 26 heavy (non-hydrogen) atoms. The van der Waals surface area contributed by atoms with Crippen LogP contribution in [0.3, 0.4) is 0 Å². The molecular weight excluding hydrogens is 330 g/mol. The highest BCUT2D eigenvalue weighted by Gasteiger charge is 2.35. The van der Waals surface area contributed by atoms with Crippen LogP contribution in [0.5, 0.6) is 0 Å². The van der Waals surface area contributed by atoms with Crippen molar-refractivity contribution in [2.24, 2.45) is 0 Å². The Labute approximate surface area is 155 Å². The topological polar surface area (TPSA) is 68.8 Å². The molecule has 8 nitrogen and oxygen atoms in total. The Morgan fingerprint density at radius 1 is 1.15 bits per heavy atom. The highest BCUT2D eigenvalue weighted by Crippen LogP contribution is 2.26. The summed E-state index contributed by atoms with van der Waals surface area (Å²) in [5, 5.41) is 7.16. The van der Waals surface area contributed by atoms with Crippen molar-refractivity contribution in [2.75, 3.05) is 77.3 Å². The summed E-state index contributed by atoms with van der Waals surface area (Å²) in [6, 6.07) is 0.696. The van der Waals surface area contributed by atoms with E-state index in [0.717, 1.165) is 76.4 Å². The lowest BCUT2D eigenvalue weighted by Crippen LogP contribution is -2.54. The maximum atomic E-state index is 5.86. The number of aromatic nitrogens is 2. The molecule has 0 unspecified atom stereocenters. The standard InChI is InChI=1S/C18H31N7O/c1-23(2)18-21-14-10-19-5-4-13(14)17(22-18)20-15-11-26-12-16(15)25-8-6-24(3)7-9-25/h15-16,19H,4-12H2,1-3H3,(H,20,21,22)/t15-,16-/m0/s1. The first-order valence-corrected chi connectivity index (χ1v) is 9.66. The first kappa shape index (κ1) is 17.9. The Balaban J connectivity index is 1.55. The van der Waals surface area contributed by atoms with Crippen molar-refractivity contribution >= 4 is 11.8 Å². The predicted octanol–water partition coefficient (Wildman–Crippen LogP) is -0.385. The van der Waals surface area contributed by atoms with Crippen LogP contribution in [0.15, 0.2) is 0 Å². The van der Waals surface area contributed by atoms with E-state index >= 15 is 0 Å². The Hall–Kier alpha value is -1.48. The number of hydrogen-bond donors (Lipinski definition) is 2. The van der Waals surface area contributed by atoms with E-state index in [2.05, 4.69) is 27.5 Å². The SMILES string of the molecule is CN1CCN([C@H]2COC[C@@H]2Nc2nc(N(C)C)nc3c2CCNC3)CC1. The number of piperazine rings is 1. The second-order valence-corrected chi connectivity index (χ2v) is 7.81. The van der Waals surface area contributed by atoms with Crippen LogP contribution >= 0.6 is 0 Å². The molecule has 0 saturated carbocycles. The maximum Gasteiger partial charge on any atom is 0.227 e. The molecule has 3 aliphatic heterocycles. The van der Waals surface area contributed by atoms with Crippen molar-refractivity contribution in [2.45, 2.75) is 25.0 Å². The summed E-state index contributed by atoms with van der Waals surface area (Å²) in [4.78, 5) is 16.5. The molecule has 1 aromatic heterocycles. The van der Waals surface area contributed by atoms with E-state index in [4.69, 9.17) is 14.7 Å². The van der Waals surface area contributed by atoms with Gasteiger partial charge in [-0.05, 0) is 20.0 Å². The van der Waals surface area contributed by atoms with Crippen LogP contribution in [0.4, 0.5) is 11.8 Å². The summed E-state index contributed by atoms with van der Waals surface area (Å²) < 4.78 is 5.86. The summed E-state index contributed by atoms with van der Waals surface area (Å²) in [7, 11) is 6.18. The van der Waals surface area contributed by atoms with E-state index in [1.807, 2.05) is 19.0 Å². The Kier molecular flexibility index (Phi) is 5.26. The van der Waals surface area contributed by atoms with E-state index in [1.165, 1.54) is 5.56 Å². The number of ether oxygens (including phenoxy) is 1. The second-order valence-electron chi connectivity index (χ2n) is 7.81. The zero-order chi connectivity index (χ0) is 18.1. The van der Waals surface area contributed by atoms with Gasteiger partial charge in [-0.2, -0.15) is 4.98 Å². The van der Waals surface area contributed by atoms with Crippen molar-refractivity contribution in [1.82, 2.24) is 25.1 Å². The fourth-order valence-corrected chi connectivity index (χ4v) is 4.04. The fourth-order valence-electron chi connectivity index (χ4n) is 4.04. The number of fused-ring (bicyclic) bond motifs is 1. The van der Waals surface area contributed by atoms with E-state index in [1.54, 1.807) is 0 Å². The first-order valence-electron chi connectivity index (χ1n) is 9.66. The molecule has 0 spiro atoms. The summed E-state index contributed by atoms with van der Waals surface area (Å²) in [5.74, 6) is 1.76. The van der Waals surface area contributed by atoms with Gasteiger partial charge in [0, 0.05) is 52.4 Å². The highest BCUT2D eigenvalue weighted by atomic mass is 16.5. The third-order valence-corrected chi connectivity index (χ3v) is 5.70. The van der Waals surface area contributed by atoms with E-state index in [9.17, 15) is 0 Å². The van der Waals surface area contributed by atoms with Crippen molar-refractivity contribution < 1.29 is 4.74 Å². The normalized spacial score (nSPS) is 27.3. The van der Waals surface area contributed by atoms with Crippen molar-refractivity contribution in [3.05, 3.63) is 11.3 Å². The molecule has 8 heteroatoms. The van der Waals surface area contributed by atoms with Gasteiger partial charge in [-0.25, -0.2) is 4.98 Å². The molecule has 2 saturated heterocycles. The van der Waals surface area contributed by atoms with E-state index < -0.39 is 0 Å². The van der Waals surface area contributed by atoms with E-state index in [0.29, 0.717) is 6.04 Å². The fraction of sp³-hybridized carbons (Fsp3) is 0.778. The molecule has 0 bridgehead atoms. The van der Waals surface area contributed by atoms with Crippen LogP contribution in [0.2, 0.25) is 0 Å². The zero-order valence-electron chi connectivity index (χ0n) is 16.2. The quantitative estimate of drug-likeness (QED) is 0.752. The molecule has 3 aliphatic rings. The molecule has 0 radical (unpaired) electrons. The molecule has 144 valence electrons. The van der Waals surface area contributed by atoms with Crippen molar-refractivity contribution in [3.63, 3.8) is 0 Å².